The Bertz CT molecular complexity index is 705. The van der Waals surface area contributed by atoms with Crippen molar-refractivity contribution < 1.29 is 13.2 Å². The van der Waals surface area contributed by atoms with Crippen LogP contribution >= 0.6 is 11.6 Å². The predicted octanol–water partition coefficient (Wildman–Crippen LogP) is 2.69. The van der Waals surface area contributed by atoms with Crippen LogP contribution in [0, 0.1) is 5.41 Å². The molecule has 2 rings (SSSR count). The van der Waals surface area contributed by atoms with Gasteiger partial charge in [0.25, 0.3) is 0 Å². The highest BCUT2D eigenvalue weighted by atomic mass is 35.5. The molecular formula is C18H27ClN2O3S. The van der Waals surface area contributed by atoms with Gasteiger partial charge in [-0.2, -0.15) is 0 Å². The monoisotopic (exact) mass is 386 g/mol. The molecule has 0 aliphatic carbocycles. The average Bonchev–Trinajstić information content (AvgIpc) is 2.52. The maximum Gasteiger partial charge on any atom is 0.223 e. The van der Waals surface area contributed by atoms with Gasteiger partial charge in [-0.3, -0.25) is 9.69 Å². The van der Waals surface area contributed by atoms with E-state index >= 15 is 0 Å². The van der Waals surface area contributed by atoms with E-state index in [0.29, 0.717) is 18.1 Å². The van der Waals surface area contributed by atoms with Gasteiger partial charge < -0.3 is 4.90 Å². The Kier molecular flexibility index (Phi) is 6.51. The number of halogens is 1. The van der Waals surface area contributed by atoms with E-state index in [2.05, 4.69) is 25.7 Å². The summed E-state index contributed by atoms with van der Waals surface area (Å²) in [6.07, 6.45) is 0.00805. The van der Waals surface area contributed by atoms with Gasteiger partial charge >= 0.3 is 0 Å². The van der Waals surface area contributed by atoms with Crippen molar-refractivity contribution in [3.8, 4) is 0 Å². The second-order valence-electron chi connectivity index (χ2n) is 7.74. The quantitative estimate of drug-likeness (QED) is 0.780. The van der Waals surface area contributed by atoms with Gasteiger partial charge in [-0.05, 0) is 23.6 Å². The van der Waals surface area contributed by atoms with Crippen LogP contribution in [-0.4, -0.2) is 62.6 Å². The Morgan fingerprint density at radius 1 is 1.16 bits per heavy atom. The summed E-state index contributed by atoms with van der Waals surface area (Å²) in [5.74, 6) is -0.282. The van der Waals surface area contributed by atoms with Crippen molar-refractivity contribution in [3.05, 3.63) is 29.3 Å². The summed E-state index contributed by atoms with van der Waals surface area (Å²) in [6.45, 7) is 10.6. The van der Waals surface area contributed by atoms with Crippen LogP contribution in [-0.2, 0) is 14.6 Å². The van der Waals surface area contributed by atoms with Crippen LogP contribution in [0.15, 0.2) is 29.2 Å². The number of sulfone groups is 1. The predicted molar refractivity (Wildman–Crippen MR) is 101 cm³/mol. The van der Waals surface area contributed by atoms with E-state index in [4.69, 9.17) is 11.6 Å². The number of hydrogen-bond donors (Lipinski definition) is 0. The van der Waals surface area contributed by atoms with Crippen molar-refractivity contribution in [1.82, 2.24) is 9.80 Å². The minimum atomic E-state index is -3.49. The summed E-state index contributed by atoms with van der Waals surface area (Å²) in [4.78, 5) is 16.6. The first kappa shape index (κ1) is 20.2. The van der Waals surface area contributed by atoms with Gasteiger partial charge in [-0.25, -0.2) is 8.42 Å². The number of nitrogens with zero attached hydrogens (tertiary/aromatic N) is 2. The molecule has 0 bridgehead atoms. The molecule has 1 fully saturated rings. The van der Waals surface area contributed by atoms with E-state index in [1.54, 1.807) is 17.0 Å². The van der Waals surface area contributed by atoms with E-state index in [9.17, 15) is 13.2 Å². The molecule has 25 heavy (non-hydrogen) atoms. The van der Waals surface area contributed by atoms with E-state index in [-0.39, 0.29) is 28.4 Å². The number of rotatable bonds is 5. The van der Waals surface area contributed by atoms with Crippen molar-refractivity contribution in [3.63, 3.8) is 0 Å². The maximum atomic E-state index is 12.4. The van der Waals surface area contributed by atoms with Gasteiger partial charge in [0.05, 0.1) is 10.6 Å². The zero-order chi connectivity index (χ0) is 18.7. The Morgan fingerprint density at radius 3 is 2.36 bits per heavy atom. The number of amides is 1. The normalized spacial score (nSPS) is 16.9. The second-order valence-corrected chi connectivity index (χ2v) is 10.3. The van der Waals surface area contributed by atoms with Crippen molar-refractivity contribution in [2.75, 3.05) is 38.5 Å². The zero-order valence-electron chi connectivity index (χ0n) is 15.2. The van der Waals surface area contributed by atoms with Crippen molar-refractivity contribution in [2.45, 2.75) is 32.1 Å². The standard InChI is InChI=1S/C18H27ClN2O3S/c1-18(2,3)14-20-8-10-21(11-9-20)17(22)7-12-25(23,24)16-6-4-5-15(19)13-16/h4-6,13H,7-12,14H2,1-3H3. The van der Waals surface area contributed by atoms with Gasteiger partial charge in [0.15, 0.2) is 9.84 Å². The van der Waals surface area contributed by atoms with Crippen LogP contribution < -0.4 is 0 Å². The molecule has 0 radical (unpaired) electrons. The fourth-order valence-electron chi connectivity index (χ4n) is 2.98. The van der Waals surface area contributed by atoms with Crippen LogP contribution in [0.4, 0.5) is 0 Å². The Balaban J connectivity index is 1.85. The lowest BCUT2D eigenvalue weighted by atomic mass is 9.96. The van der Waals surface area contributed by atoms with Gasteiger partial charge in [0, 0.05) is 44.2 Å². The topological polar surface area (TPSA) is 57.7 Å². The lowest BCUT2D eigenvalue weighted by Crippen LogP contribution is -2.50. The summed E-state index contributed by atoms with van der Waals surface area (Å²) in [7, 11) is -3.49. The van der Waals surface area contributed by atoms with E-state index in [0.717, 1.165) is 19.6 Å². The molecule has 1 aliphatic rings. The lowest BCUT2D eigenvalue weighted by Gasteiger charge is -2.37. The first-order valence-corrected chi connectivity index (χ1v) is 10.6. The highest BCUT2D eigenvalue weighted by Crippen LogP contribution is 2.19. The fraction of sp³-hybridized carbons (Fsp3) is 0.611. The van der Waals surface area contributed by atoms with E-state index in [1.165, 1.54) is 12.1 Å². The second kappa shape index (κ2) is 8.06. The molecular weight excluding hydrogens is 360 g/mol. The maximum absolute atomic E-state index is 12.4. The van der Waals surface area contributed by atoms with Crippen LogP contribution in [0.2, 0.25) is 5.02 Å². The molecule has 0 atom stereocenters. The first-order valence-electron chi connectivity index (χ1n) is 8.55. The molecule has 1 aromatic rings. The molecule has 0 unspecified atom stereocenters. The number of benzene rings is 1. The summed E-state index contributed by atoms with van der Waals surface area (Å²) >= 11 is 5.85. The summed E-state index contributed by atoms with van der Waals surface area (Å²) in [6, 6.07) is 6.16. The largest absolute Gasteiger partial charge is 0.340 e. The van der Waals surface area contributed by atoms with E-state index < -0.39 is 9.84 Å². The molecule has 1 aliphatic heterocycles. The molecule has 1 amide bonds. The molecule has 1 aromatic carbocycles. The minimum Gasteiger partial charge on any atom is -0.340 e. The fourth-order valence-corrected chi connectivity index (χ4v) is 4.51. The van der Waals surface area contributed by atoms with Gasteiger partial charge in [-0.15, -0.1) is 0 Å². The van der Waals surface area contributed by atoms with Crippen LogP contribution in [0.5, 0.6) is 0 Å². The van der Waals surface area contributed by atoms with E-state index in [1.807, 2.05) is 0 Å². The summed E-state index contributed by atoms with van der Waals surface area (Å²) in [5.41, 5.74) is 0.233. The molecule has 5 nitrogen and oxygen atoms in total. The van der Waals surface area contributed by atoms with Crippen LogP contribution in [0.25, 0.3) is 0 Å². The molecule has 1 saturated heterocycles. The third-order valence-corrected chi connectivity index (χ3v) is 6.11. The third kappa shape index (κ3) is 6.28. The molecule has 1 heterocycles. The van der Waals surface area contributed by atoms with Gasteiger partial charge in [-0.1, -0.05) is 38.4 Å². The third-order valence-electron chi connectivity index (χ3n) is 4.16. The van der Waals surface area contributed by atoms with Crippen molar-refractivity contribution in [2.24, 2.45) is 5.41 Å². The number of piperazine rings is 1. The molecule has 0 saturated carbocycles. The summed E-state index contributed by atoms with van der Waals surface area (Å²) in [5, 5.41) is 0.377. The minimum absolute atomic E-state index is 0.00805. The number of hydrogen-bond acceptors (Lipinski definition) is 4. The lowest BCUT2D eigenvalue weighted by molar-refractivity contribution is -0.132. The molecule has 0 spiro atoms. The average molecular weight is 387 g/mol. The molecule has 7 heteroatoms. The van der Waals surface area contributed by atoms with Gasteiger partial charge in [0.2, 0.25) is 5.91 Å². The Morgan fingerprint density at radius 2 is 1.80 bits per heavy atom. The highest BCUT2D eigenvalue weighted by Gasteiger charge is 2.25. The smallest absolute Gasteiger partial charge is 0.223 e. The van der Waals surface area contributed by atoms with Crippen LogP contribution in [0.3, 0.4) is 0 Å². The summed E-state index contributed by atoms with van der Waals surface area (Å²) < 4.78 is 24.7. The number of carbonyl (C=O) groups excluding carboxylic acids is 1. The van der Waals surface area contributed by atoms with Crippen molar-refractivity contribution in [1.29, 1.82) is 0 Å². The SMILES string of the molecule is CC(C)(C)CN1CCN(C(=O)CCS(=O)(=O)c2cccc(Cl)c2)CC1. The Labute approximate surface area is 155 Å². The van der Waals surface area contributed by atoms with Crippen LogP contribution in [0.1, 0.15) is 27.2 Å². The molecule has 0 aromatic heterocycles. The molecule has 140 valence electrons. The number of carbonyl (C=O) groups is 1. The molecule has 0 N–H and O–H groups in total. The highest BCUT2D eigenvalue weighted by molar-refractivity contribution is 7.91. The van der Waals surface area contributed by atoms with Gasteiger partial charge in [0.1, 0.15) is 0 Å². The zero-order valence-corrected chi connectivity index (χ0v) is 16.7. The van der Waals surface area contributed by atoms with Crippen molar-refractivity contribution >= 4 is 27.3 Å². The Hall–Kier alpha value is -1.11. The first-order chi connectivity index (χ1) is 11.6.